The molecule has 294 valence electrons. The van der Waals surface area contributed by atoms with Crippen molar-refractivity contribution in [1.82, 2.24) is 0 Å². The molecule has 0 bridgehead atoms. The Bertz CT molecular complexity index is 1580. The lowest BCUT2D eigenvalue weighted by atomic mass is 9.92. The Morgan fingerprint density at radius 1 is 0.642 bits per heavy atom. The fourth-order valence-electron chi connectivity index (χ4n) is 8.72. The summed E-state index contributed by atoms with van der Waals surface area (Å²) in [6.07, 6.45) is 1.25. The van der Waals surface area contributed by atoms with Crippen LogP contribution in [-0.2, 0) is 27.6 Å². The van der Waals surface area contributed by atoms with Crippen LogP contribution in [0.2, 0.25) is 41.3 Å². The van der Waals surface area contributed by atoms with Crippen LogP contribution >= 0.6 is 0 Å². The fourth-order valence-corrected chi connectivity index (χ4v) is 20.1. The molecule has 3 aromatic carbocycles. The zero-order valence-corrected chi connectivity index (χ0v) is 38.1. The van der Waals surface area contributed by atoms with Gasteiger partial charge in [0.05, 0.1) is 23.7 Å². The second-order valence-electron chi connectivity index (χ2n) is 16.2. The minimum Gasteiger partial charge on any atom is -0.414 e. The normalized spacial score (nSPS) is 20.2. The third-order valence-electron chi connectivity index (χ3n) is 12.5. The molecule has 53 heavy (non-hydrogen) atoms. The van der Waals surface area contributed by atoms with E-state index in [0.717, 1.165) is 48.2 Å². The van der Waals surface area contributed by atoms with Crippen molar-refractivity contribution in [3.63, 3.8) is 0 Å². The summed E-state index contributed by atoms with van der Waals surface area (Å²) in [4.78, 5) is 0.189. The molecule has 10 heteroatoms. The molecular weight excluding hydrogens is 729 g/mol. The minimum absolute atomic E-state index is 0.0141. The Hall–Kier alpha value is -1.90. The van der Waals surface area contributed by atoms with Gasteiger partial charge in [-0.1, -0.05) is 141 Å². The highest BCUT2D eigenvalue weighted by Crippen LogP contribution is 2.45. The number of hydrogen-bond donors (Lipinski definition) is 0. The Balaban J connectivity index is 1.81. The first-order chi connectivity index (χ1) is 25.2. The van der Waals surface area contributed by atoms with Gasteiger partial charge in [-0.2, -0.15) is 8.42 Å². The fraction of sp³-hybridized carbons (Fsp3) is 0.581. The predicted octanol–water partition coefficient (Wildman–Crippen LogP) is 10.1. The van der Waals surface area contributed by atoms with Crippen molar-refractivity contribution in [2.24, 2.45) is 11.8 Å². The van der Waals surface area contributed by atoms with Crippen molar-refractivity contribution >= 4 is 45.4 Å². The van der Waals surface area contributed by atoms with Crippen LogP contribution < -0.4 is 10.4 Å². The SMILES string of the molecule is CC[Si](CC)(CC)O[C@H]1C[C@@H](O[Si](CC)(CC)CC)[C@H](CCOS(=O)(=O)c2ccc(C)cc2)[C@@H]1CO[Si](c1ccccc1)(c1ccccc1)C(C)(C)C. The van der Waals surface area contributed by atoms with Crippen LogP contribution in [0, 0.1) is 18.8 Å². The molecular formula is C43H68O6SSi3. The predicted molar refractivity (Wildman–Crippen MR) is 228 cm³/mol. The van der Waals surface area contributed by atoms with Crippen LogP contribution in [0.4, 0.5) is 0 Å². The topological polar surface area (TPSA) is 71.1 Å². The molecule has 4 atom stereocenters. The zero-order chi connectivity index (χ0) is 38.9. The lowest BCUT2D eigenvalue weighted by molar-refractivity contribution is 0.0705. The van der Waals surface area contributed by atoms with Crippen molar-refractivity contribution in [3.8, 4) is 0 Å². The first-order valence-corrected chi connectivity index (χ1v) is 28.6. The van der Waals surface area contributed by atoms with Gasteiger partial charge in [-0.25, -0.2) is 0 Å². The van der Waals surface area contributed by atoms with Crippen LogP contribution in [-0.4, -0.2) is 58.8 Å². The smallest absolute Gasteiger partial charge is 0.296 e. The highest BCUT2D eigenvalue weighted by atomic mass is 32.2. The lowest BCUT2D eigenvalue weighted by Gasteiger charge is -2.44. The van der Waals surface area contributed by atoms with E-state index in [0.29, 0.717) is 13.0 Å². The molecule has 0 N–H and O–H groups in total. The summed E-state index contributed by atoms with van der Waals surface area (Å²) in [6, 6.07) is 34.9. The first kappa shape index (κ1) is 43.8. The third kappa shape index (κ3) is 9.92. The molecule has 1 fully saturated rings. The van der Waals surface area contributed by atoms with Crippen LogP contribution in [0.1, 0.15) is 80.7 Å². The van der Waals surface area contributed by atoms with Crippen LogP contribution in [0.25, 0.3) is 0 Å². The van der Waals surface area contributed by atoms with Gasteiger partial charge >= 0.3 is 0 Å². The summed E-state index contributed by atoms with van der Waals surface area (Å²) in [6.45, 7) is 23.2. The molecule has 0 aliphatic heterocycles. The molecule has 0 aromatic heterocycles. The Morgan fingerprint density at radius 2 is 1.08 bits per heavy atom. The molecule has 0 spiro atoms. The van der Waals surface area contributed by atoms with Gasteiger partial charge in [-0.3, -0.25) is 4.18 Å². The quantitative estimate of drug-likeness (QED) is 0.0838. The van der Waals surface area contributed by atoms with Crippen molar-refractivity contribution in [1.29, 1.82) is 0 Å². The molecule has 0 heterocycles. The van der Waals surface area contributed by atoms with E-state index in [1.807, 2.05) is 19.1 Å². The van der Waals surface area contributed by atoms with Crippen LogP contribution in [0.5, 0.6) is 0 Å². The molecule has 0 amide bonds. The molecule has 0 radical (unpaired) electrons. The highest BCUT2D eigenvalue weighted by molar-refractivity contribution is 7.86. The molecule has 0 unspecified atom stereocenters. The van der Waals surface area contributed by atoms with Gasteiger partial charge in [0.2, 0.25) is 0 Å². The van der Waals surface area contributed by atoms with E-state index in [4.69, 9.17) is 17.5 Å². The average molecular weight is 797 g/mol. The summed E-state index contributed by atoms with van der Waals surface area (Å²) >= 11 is 0. The van der Waals surface area contributed by atoms with Gasteiger partial charge in [0.15, 0.2) is 16.6 Å². The van der Waals surface area contributed by atoms with E-state index in [-0.39, 0.29) is 40.6 Å². The largest absolute Gasteiger partial charge is 0.414 e. The molecule has 0 saturated heterocycles. The maximum absolute atomic E-state index is 13.4. The molecule has 6 nitrogen and oxygen atoms in total. The molecule has 1 aliphatic rings. The zero-order valence-electron chi connectivity index (χ0n) is 34.3. The molecule has 1 aliphatic carbocycles. The highest BCUT2D eigenvalue weighted by Gasteiger charge is 2.54. The first-order valence-electron chi connectivity index (χ1n) is 20.3. The summed E-state index contributed by atoms with van der Waals surface area (Å²) in [7, 11) is -10.8. The maximum Gasteiger partial charge on any atom is 0.296 e. The maximum atomic E-state index is 13.4. The van der Waals surface area contributed by atoms with Crippen molar-refractivity contribution in [2.45, 2.75) is 140 Å². The Morgan fingerprint density at radius 3 is 1.49 bits per heavy atom. The third-order valence-corrected chi connectivity index (χ3v) is 28.2. The summed E-state index contributed by atoms with van der Waals surface area (Å²) < 4.78 is 55.2. The standard InChI is InChI=1S/C43H68O6SSi3/c1-11-51(12-2,13-3)48-41-33-42(49-52(14-4,15-5)16-6)40(39(41)31-32-46-50(44,45)36-29-27-35(7)28-30-36)34-47-53(43(8,9)10,37-23-19-17-20-24-37)38-25-21-18-22-26-38/h17-30,39-42H,11-16,31-34H2,1-10H3/t39-,40+,41-,42+/m1/s1. The summed E-state index contributed by atoms with van der Waals surface area (Å²) in [5.41, 5.74) is 1.01. The van der Waals surface area contributed by atoms with E-state index in [1.54, 1.807) is 12.1 Å². The van der Waals surface area contributed by atoms with E-state index in [1.165, 1.54) is 10.4 Å². The number of hydrogen-bond acceptors (Lipinski definition) is 6. The molecule has 4 rings (SSSR count). The van der Waals surface area contributed by atoms with Gasteiger partial charge in [0.25, 0.3) is 18.4 Å². The average Bonchev–Trinajstić information content (AvgIpc) is 3.47. The van der Waals surface area contributed by atoms with Gasteiger partial charge in [0, 0.05) is 12.5 Å². The number of aryl methyl sites for hydroxylation is 1. The second-order valence-corrected chi connectivity index (χ2v) is 31.6. The summed E-state index contributed by atoms with van der Waals surface area (Å²) in [5.74, 6) is 0.0290. The molecule has 1 saturated carbocycles. The van der Waals surface area contributed by atoms with Crippen molar-refractivity contribution < 1.29 is 25.9 Å². The Labute approximate surface area is 325 Å². The van der Waals surface area contributed by atoms with Crippen LogP contribution in [0.15, 0.2) is 89.8 Å². The van der Waals surface area contributed by atoms with Gasteiger partial charge in [-0.05, 0) is 89.5 Å². The van der Waals surface area contributed by atoms with E-state index in [2.05, 4.69) is 123 Å². The molecule has 3 aromatic rings. The Kier molecular flexibility index (Phi) is 15.6. The van der Waals surface area contributed by atoms with E-state index >= 15 is 0 Å². The number of benzene rings is 3. The lowest BCUT2D eigenvalue weighted by Crippen LogP contribution is -2.67. The van der Waals surface area contributed by atoms with Gasteiger partial charge in [0.1, 0.15) is 0 Å². The van der Waals surface area contributed by atoms with Crippen molar-refractivity contribution in [2.75, 3.05) is 13.2 Å². The van der Waals surface area contributed by atoms with E-state index in [9.17, 15) is 8.42 Å². The van der Waals surface area contributed by atoms with Gasteiger partial charge < -0.3 is 13.3 Å². The summed E-state index contributed by atoms with van der Waals surface area (Å²) in [5, 5.41) is 2.32. The van der Waals surface area contributed by atoms with Crippen LogP contribution in [0.3, 0.4) is 0 Å². The van der Waals surface area contributed by atoms with Crippen molar-refractivity contribution in [3.05, 3.63) is 90.5 Å². The second kappa shape index (κ2) is 18.8. The van der Waals surface area contributed by atoms with E-state index < -0.39 is 35.1 Å². The number of rotatable bonds is 20. The van der Waals surface area contributed by atoms with Gasteiger partial charge in [-0.15, -0.1) is 0 Å². The monoisotopic (exact) mass is 796 g/mol. The minimum atomic E-state index is -3.91.